The first-order valence-corrected chi connectivity index (χ1v) is 7.12. The average Bonchev–Trinajstić information content (AvgIpc) is 2.48. The zero-order valence-corrected chi connectivity index (χ0v) is 9.98. The van der Waals surface area contributed by atoms with Crippen molar-refractivity contribution in [3.8, 4) is 0 Å². The SMILES string of the molecule is CC(CCS(C)=O)NC1CCC(N)C1. The van der Waals surface area contributed by atoms with Crippen LogP contribution < -0.4 is 11.1 Å². The molecule has 1 rings (SSSR count). The molecule has 0 aromatic carbocycles. The lowest BCUT2D eigenvalue weighted by Crippen LogP contribution is -2.36. The maximum absolute atomic E-state index is 10.9. The molecule has 4 atom stereocenters. The molecule has 4 unspecified atom stereocenters. The summed E-state index contributed by atoms with van der Waals surface area (Å²) in [4.78, 5) is 0. The second kappa shape index (κ2) is 5.83. The molecule has 0 spiro atoms. The Morgan fingerprint density at radius 1 is 1.57 bits per heavy atom. The fraction of sp³-hybridized carbons (Fsp3) is 1.00. The molecule has 0 saturated heterocycles. The summed E-state index contributed by atoms with van der Waals surface area (Å²) in [6.45, 7) is 2.16. The van der Waals surface area contributed by atoms with Gasteiger partial charge in [-0.2, -0.15) is 0 Å². The Morgan fingerprint density at radius 2 is 2.29 bits per heavy atom. The van der Waals surface area contributed by atoms with E-state index in [1.807, 2.05) is 0 Å². The number of hydrogen-bond donors (Lipinski definition) is 2. The van der Waals surface area contributed by atoms with Crippen molar-refractivity contribution in [2.45, 2.75) is 50.7 Å². The van der Waals surface area contributed by atoms with E-state index in [0.717, 1.165) is 25.0 Å². The van der Waals surface area contributed by atoms with Crippen LogP contribution in [0.15, 0.2) is 0 Å². The minimum atomic E-state index is -0.661. The van der Waals surface area contributed by atoms with Crippen molar-refractivity contribution in [2.24, 2.45) is 5.73 Å². The molecule has 0 amide bonds. The predicted octanol–water partition coefficient (Wildman–Crippen LogP) is 0.613. The Labute approximate surface area is 89.3 Å². The quantitative estimate of drug-likeness (QED) is 0.711. The summed E-state index contributed by atoms with van der Waals surface area (Å²) in [6.07, 6.45) is 6.19. The van der Waals surface area contributed by atoms with Gasteiger partial charge in [-0.1, -0.05) is 0 Å². The summed E-state index contributed by atoms with van der Waals surface area (Å²) in [5.74, 6) is 0.799. The van der Waals surface area contributed by atoms with E-state index in [0.29, 0.717) is 18.1 Å². The van der Waals surface area contributed by atoms with Crippen LogP contribution in [0.5, 0.6) is 0 Å². The second-order valence-electron chi connectivity index (χ2n) is 4.40. The van der Waals surface area contributed by atoms with Crippen molar-refractivity contribution in [3.63, 3.8) is 0 Å². The molecule has 3 nitrogen and oxygen atoms in total. The first kappa shape index (κ1) is 12.1. The zero-order chi connectivity index (χ0) is 10.6. The summed E-state index contributed by atoms with van der Waals surface area (Å²) in [5, 5.41) is 3.55. The van der Waals surface area contributed by atoms with Crippen molar-refractivity contribution in [1.29, 1.82) is 0 Å². The van der Waals surface area contributed by atoms with E-state index in [-0.39, 0.29) is 0 Å². The molecule has 1 aliphatic carbocycles. The summed E-state index contributed by atoms with van der Waals surface area (Å²) >= 11 is 0. The second-order valence-corrected chi connectivity index (χ2v) is 5.96. The van der Waals surface area contributed by atoms with Gasteiger partial charge in [-0.05, 0) is 32.6 Å². The molecular formula is C10H22N2OS. The molecule has 3 N–H and O–H groups in total. The number of hydrogen-bond acceptors (Lipinski definition) is 3. The molecule has 0 bridgehead atoms. The molecule has 14 heavy (non-hydrogen) atoms. The van der Waals surface area contributed by atoms with Crippen molar-refractivity contribution in [3.05, 3.63) is 0 Å². The lowest BCUT2D eigenvalue weighted by atomic mass is 10.2. The number of nitrogens with two attached hydrogens (primary N) is 1. The third kappa shape index (κ3) is 4.53. The number of nitrogens with one attached hydrogen (secondary N) is 1. The van der Waals surface area contributed by atoms with Gasteiger partial charge >= 0.3 is 0 Å². The first-order chi connectivity index (χ1) is 6.58. The lowest BCUT2D eigenvalue weighted by Gasteiger charge is -2.18. The first-order valence-electron chi connectivity index (χ1n) is 5.39. The van der Waals surface area contributed by atoms with Crippen LogP contribution >= 0.6 is 0 Å². The molecular weight excluding hydrogens is 196 g/mol. The maximum atomic E-state index is 10.9. The fourth-order valence-corrected chi connectivity index (χ4v) is 2.68. The van der Waals surface area contributed by atoms with Gasteiger partial charge in [0, 0.05) is 40.9 Å². The van der Waals surface area contributed by atoms with E-state index in [9.17, 15) is 4.21 Å². The van der Waals surface area contributed by atoms with Gasteiger partial charge in [-0.25, -0.2) is 0 Å². The van der Waals surface area contributed by atoms with Crippen LogP contribution in [0.4, 0.5) is 0 Å². The van der Waals surface area contributed by atoms with Crippen molar-refractivity contribution >= 4 is 10.8 Å². The van der Waals surface area contributed by atoms with E-state index in [2.05, 4.69) is 12.2 Å². The average molecular weight is 218 g/mol. The van der Waals surface area contributed by atoms with E-state index in [1.54, 1.807) is 6.26 Å². The highest BCUT2D eigenvalue weighted by Gasteiger charge is 2.22. The smallest absolute Gasteiger partial charge is 0.0246 e. The fourth-order valence-electron chi connectivity index (χ4n) is 2.00. The van der Waals surface area contributed by atoms with Crippen LogP contribution in [-0.4, -0.2) is 34.3 Å². The standard InChI is InChI=1S/C10H22N2OS/c1-8(5-6-14(2)13)12-10-4-3-9(11)7-10/h8-10,12H,3-7,11H2,1-2H3. The van der Waals surface area contributed by atoms with Gasteiger partial charge in [-0.3, -0.25) is 4.21 Å². The molecule has 1 aliphatic rings. The van der Waals surface area contributed by atoms with E-state index < -0.39 is 10.8 Å². The van der Waals surface area contributed by atoms with Gasteiger partial charge in [-0.15, -0.1) is 0 Å². The Bertz CT molecular complexity index is 199. The van der Waals surface area contributed by atoms with E-state index in [4.69, 9.17) is 5.73 Å². The summed E-state index contributed by atoms with van der Waals surface area (Å²) in [6, 6.07) is 1.44. The van der Waals surface area contributed by atoms with Crippen LogP contribution in [0.2, 0.25) is 0 Å². The molecule has 0 aromatic heterocycles. The van der Waals surface area contributed by atoms with Gasteiger partial charge < -0.3 is 11.1 Å². The third-order valence-corrected chi connectivity index (χ3v) is 3.64. The van der Waals surface area contributed by atoms with E-state index >= 15 is 0 Å². The summed E-state index contributed by atoms with van der Waals surface area (Å²) in [7, 11) is -0.661. The van der Waals surface area contributed by atoms with Gasteiger partial charge in [0.2, 0.25) is 0 Å². The Morgan fingerprint density at radius 3 is 2.79 bits per heavy atom. The zero-order valence-electron chi connectivity index (χ0n) is 9.16. The van der Waals surface area contributed by atoms with Gasteiger partial charge in [0.25, 0.3) is 0 Å². The molecule has 0 aliphatic heterocycles. The van der Waals surface area contributed by atoms with E-state index in [1.165, 1.54) is 6.42 Å². The minimum Gasteiger partial charge on any atom is -0.328 e. The van der Waals surface area contributed by atoms with Crippen LogP contribution in [-0.2, 0) is 10.8 Å². The van der Waals surface area contributed by atoms with Crippen LogP contribution in [0.25, 0.3) is 0 Å². The molecule has 4 heteroatoms. The monoisotopic (exact) mass is 218 g/mol. The largest absolute Gasteiger partial charge is 0.328 e. The van der Waals surface area contributed by atoms with Crippen LogP contribution in [0.1, 0.15) is 32.6 Å². The summed E-state index contributed by atoms with van der Waals surface area (Å²) < 4.78 is 10.9. The molecule has 0 aromatic rings. The predicted molar refractivity (Wildman–Crippen MR) is 61.8 cm³/mol. The number of rotatable bonds is 5. The Balaban J connectivity index is 2.13. The van der Waals surface area contributed by atoms with Gasteiger partial charge in [0.05, 0.1) is 0 Å². The Hall–Kier alpha value is 0.0700. The van der Waals surface area contributed by atoms with Crippen molar-refractivity contribution in [1.82, 2.24) is 5.32 Å². The summed E-state index contributed by atoms with van der Waals surface area (Å²) in [5.41, 5.74) is 5.83. The lowest BCUT2D eigenvalue weighted by molar-refractivity contribution is 0.439. The molecule has 1 fully saturated rings. The Kier molecular flexibility index (Phi) is 5.06. The highest BCUT2D eigenvalue weighted by Crippen LogP contribution is 2.17. The van der Waals surface area contributed by atoms with Crippen molar-refractivity contribution < 1.29 is 4.21 Å². The van der Waals surface area contributed by atoms with Crippen LogP contribution in [0.3, 0.4) is 0 Å². The highest BCUT2D eigenvalue weighted by atomic mass is 32.2. The normalized spacial score (nSPS) is 31.6. The van der Waals surface area contributed by atoms with Gasteiger partial charge in [0.15, 0.2) is 0 Å². The minimum absolute atomic E-state index is 0.389. The maximum Gasteiger partial charge on any atom is 0.0246 e. The van der Waals surface area contributed by atoms with Crippen LogP contribution in [0, 0.1) is 0 Å². The molecule has 0 radical (unpaired) electrons. The topological polar surface area (TPSA) is 55.1 Å². The molecule has 0 heterocycles. The highest BCUT2D eigenvalue weighted by molar-refractivity contribution is 7.84. The third-order valence-electron chi connectivity index (χ3n) is 2.83. The van der Waals surface area contributed by atoms with Crippen molar-refractivity contribution in [2.75, 3.05) is 12.0 Å². The van der Waals surface area contributed by atoms with Gasteiger partial charge in [0.1, 0.15) is 0 Å². The molecule has 1 saturated carbocycles. The molecule has 84 valence electrons.